The monoisotopic (exact) mass is 223 g/mol. The number of nitrogens with one attached hydrogen (secondary N) is 1. The summed E-state index contributed by atoms with van der Waals surface area (Å²) in [6.45, 7) is 3.74. The normalized spacial score (nSPS) is 11.3. The summed E-state index contributed by atoms with van der Waals surface area (Å²) in [7, 11) is 0. The molecule has 0 amide bonds. The first-order chi connectivity index (χ1) is 7.50. The van der Waals surface area contributed by atoms with Crippen LogP contribution in [0.3, 0.4) is 0 Å². The number of pyridine rings is 1. The van der Waals surface area contributed by atoms with E-state index in [9.17, 15) is 13.6 Å². The van der Waals surface area contributed by atoms with E-state index in [-0.39, 0.29) is 16.8 Å². The van der Waals surface area contributed by atoms with Gasteiger partial charge in [0.25, 0.3) is 0 Å². The van der Waals surface area contributed by atoms with Gasteiger partial charge in [-0.05, 0) is 18.1 Å². The van der Waals surface area contributed by atoms with Crippen LogP contribution in [-0.2, 0) is 0 Å². The van der Waals surface area contributed by atoms with Gasteiger partial charge in [0.1, 0.15) is 11.6 Å². The van der Waals surface area contributed by atoms with E-state index >= 15 is 0 Å². The molecule has 2 nitrogen and oxygen atoms in total. The van der Waals surface area contributed by atoms with Crippen molar-refractivity contribution in [3.63, 3.8) is 0 Å². The number of hydrogen-bond donors (Lipinski definition) is 1. The maximum absolute atomic E-state index is 13.5. The van der Waals surface area contributed by atoms with Crippen LogP contribution in [0.4, 0.5) is 8.78 Å². The average molecular weight is 223 g/mol. The number of aromatic nitrogens is 1. The predicted octanol–water partition coefficient (Wildman–Crippen LogP) is 2.93. The van der Waals surface area contributed by atoms with Gasteiger partial charge in [0.15, 0.2) is 5.43 Å². The number of benzene rings is 1. The third kappa shape index (κ3) is 1.60. The summed E-state index contributed by atoms with van der Waals surface area (Å²) in [6, 6.07) is 3.29. The molecule has 16 heavy (non-hydrogen) atoms. The van der Waals surface area contributed by atoms with Crippen molar-refractivity contribution in [2.45, 2.75) is 19.8 Å². The zero-order valence-electron chi connectivity index (χ0n) is 8.97. The molecule has 0 radical (unpaired) electrons. The molecule has 0 atom stereocenters. The van der Waals surface area contributed by atoms with Gasteiger partial charge in [-0.1, -0.05) is 13.8 Å². The Morgan fingerprint density at radius 1 is 1.19 bits per heavy atom. The van der Waals surface area contributed by atoms with Gasteiger partial charge in [-0.25, -0.2) is 8.78 Å². The third-order valence-corrected chi connectivity index (χ3v) is 2.53. The second-order valence-electron chi connectivity index (χ2n) is 4.02. The highest BCUT2D eigenvalue weighted by molar-refractivity contribution is 5.79. The summed E-state index contributed by atoms with van der Waals surface area (Å²) < 4.78 is 26.8. The fourth-order valence-electron chi connectivity index (χ4n) is 1.62. The van der Waals surface area contributed by atoms with Gasteiger partial charge in [-0.2, -0.15) is 0 Å². The van der Waals surface area contributed by atoms with Crippen molar-refractivity contribution >= 4 is 10.9 Å². The molecule has 2 rings (SSSR count). The lowest BCUT2D eigenvalue weighted by molar-refractivity contribution is 0.613. The molecule has 1 N–H and O–H groups in total. The van der Waals surface area contributed by atoms with Gasteiger partial charge in [0.2, 0.25) is 0 Å². The van der Waals surface area contributed by atoms with Crippen molar-refractivity contribution in [2.24, 2.45) is 0 Å². The highest BCUT2D eigenvalue weighted by Crippen LogP contribution is 2.19. The lowest BCUT2D eigenvalue weighted by atomic mass is 10.1. The van der Waals surface area contributed by atoms with Crippen LogP contribution in [0.1, 0.15) is 25.5 Å². The topological polar surface area (TPSA) is 32.9 Å². The van der Waals surface area contributed by atoms with Crippen molar-refractivity contribution in [1.82, 2.24) is 4.98 Å². The van der Waals surface area contributed by atoms with Gasteiger partial charge in [0.05, 0.1) is 10.9 Å². The fourth-order valence-corrected chi connectivity index (χ4v) is 1.62. The van der Waals surface area contributed by atoms with Gasteiger partial charge >= 0.3 is 0 Å². The Bertz CT molecular complexity index is 602. The minimum Gasteiger partial charge on any atom is -0.355 e. The lowest BCUT2D eigenvalue weighted by Crippen LogP contribution is -2.09. The zero-order chi connectivity index (χ0) is 11.9. The molecule has 0 saturated heterocycles. The van der Waals surface area contributed by atoms with E-state index in [0.29, 0.717) is 5.69 Å². The van der Waals surface area contributed by atoms with Crippen molar-refractivity contribution in [2.75, 3.05) is 0 Å². The summed E-state index contributed by atoms with van der Waals surface area (Å²) in [6.07, 6.45) is 0. The maximum Gasteiger partial charge on any atom is 0.192 e. The van der Waals surface area contributed by atoms with Crippen LogP contribution in [0.15, 0.2) is 23.0 Å². The Morgan fingerprint density at radius 2 is 1.81 bits per heavy atom. The molecule has 0 spiro atoms. The lowest BCUT2D eigenvalue weighted by Gasteiger charge is -2.08. The molecule has 0 aliphatic rings. The summed E-state index contributed by atoms with van der Waals surface area (Å²) >= 11 is 0. The number of halogens is 2. The molecule has 0 aliphatic carbocycles. The van der Waals surface area contributed by atoms with E-state index < -0.39 is 17.1 Å². The van der Waals surface area contributed by atoms with E-state index in [1.165, 1.54) is 6.07 Å². The van der Waals surface area contributed by atoms with E-state index in [2.05, 4.69) is 4.98 Å². The predicted molar refractivity (Wildman–Crippen MR) is 58.6 cm³/mol. The molecule has 0 saturated carbocycles. The highest BCUT2D eigenvalue weighted by atomic mass is 19.1. The SMILES string of the molecule is CC(C)c1cc(=O)c2c(F)ccc(F)c2[nH]1. The standard InChI is InChI=1S/C12H11F2NO/c1-6(2)9-5-10(16)11-7(13)3-4-8(14)12(11)15-9/h3-6H,1-2H3,(H,15,16). The van der Waals surface area contributed by atoms with Gasteiger partial charge < -0.3 is 4.98 Å². The molecular formula is C12H11F2NO. The number of aromatic amines is 1. The Balaban J connectivity index is 2.92. The minimum absolute atomic E-state index is 0.0553. The van der Waals surface area contributed by atoms with Crippen LogP contribution in [0.2, 0.25) is 0 Å². The van der Waals surface area contributed by atoms with Crippen LogP contribution >= 0.6 is 0 Å². The van der Waals surface area contributed by atoms with Crippen LogP contribution in [0.5, 0.6) is 0 Å². The quantitative estimate of drug-likeness (QED) is 0.792. The van der Waals surface area contributed by atoms with Gasteiger partial charge in [-0.3, -0.25) is 4.79 Å². The van der Waals surface area contributed by atoms with Crippen LogP contribution in [0.25, 0.3) is 10.9 Å². The van der Waals surface area contributed by atoms with Crippen molar-refractivity contribution in [3.8, 4) is 0 Å². The molecule has 0 fully saturated rings. The summed E-state index contributed by atoms with van der Waals surface area (Å²) in [5.74, 6) is -1.26. The molecule has 1 heterocycles. The number of fused-ring (bicyclic) bond motifs is 1. The van der Waals surface area contributed by atoms with Crippen LogP contribution < -0.4 is 5.43 Å². The minimum atomic E-state index is -0.701. The first kappa shape index (κ1) is 10.8. The second kappa shape index (κ2) is 3.70. The molecule has 84 valence electrons. The number of rotatable bonds is 1. The van der Waals surface area contributed by atoms with Crippen molar-refractivity contribution in [1.29, 1.82) is 0 Å². The van der Waals surface area contributed by atoms with Crippen LogP contribution in [-0.4, -0.2) is 4.98 Å². The molecule has 1 aromatic heterocycles. The number of H-pyrrole nitrogens is 1. The Kier molecular flexibility index (Phi) is 2.50. The summed E-state index contributed by atoms with van der Waals surface area (Å²) in [5, 5.41) is -0.218. The average Bonchev–Trinajstić information content (AvgIpc) is 2.22. The number of hydrogen-bond acceptors (Lipinski definition) is 1. The van der Waals surface area contributed by atoms with E-state index in [1.807, 2.05) is 13.8 Å². The Hall–Kier alpha value is -1.71. The third-order valence-electron chi connectivity index (χ3n) is 2.53. The maximum atomic E-state index is 13.5. The molecule has 2 aromatic rings. The largest absolute Gasteiger partial charge is 0.355 e. The first-order valence-electron chi connectivity index (χ1n) is 5.01. The van der Waals surface area contributed by atoms with Gasteiger partial charge in [-0.15, -0.1) is 0 Å². The Morgan fingerprint density at radius 3 is 2.44 bits per heavy atom. The molecular weight excluding hydrogens is 212 g/mol. The molecule has 0 unspecified atom stereocenters. The summed E-state index contributed by atoms with van der Waals surface area (Å²) in [4.78, 5) is 14.4. The molecule has 4 heteroatoms. The molecule has 0 bridgehead atoms. The van der Waals surface area contributed by atoms with Crippen molar-refractivity contribution < 1.29 is 8.78 Å². The highest BCUT2D eigenvalue weighted by Gasteiger charge is 2.12. The van der Waals surface area contributed by atoms with E-state index in [4.69, 9.17) is 0 Å². The zero-order valence-corrected chi connectivity index (χ0v) is 8.97. The van der Waals surface area contributed by atoms with Gasteiger partial charge in [0, 0.05) is 11.8 Å². The molecule has 1 aromatic carbocycles. The summed E-state index contributed by atoms with van der Waals surface area (Å²) in [5.41, 5.74) is 0.0488. The van der Waals surface area contributed by atoms with Crippen LogP contribution in [0, 0.1) is 11.6 Å². The van der Waals surface area contributed by atoms with E-state index in [0.717, 1.165) is 12.1 Å². The van der Waals surface area contributed by atoms with Crippen molar-refractivity contribution in [3.05, 3.63) is 45.8 Å². The second-order valence-corrected chi connectivity index (χ2v) is 4.02. The first-order valence-corrected chi connectivity index (χ1v) is 5.01. The molecule has 0 aliphatic heterocycles. The van der Waals surface area contributed by atoms with E-state index in [1.54, 1.807) is 0 Å². The Labute approximate surface area is 90.9 Å². The smallest absolute Gasteiger partial charge is 0.192 e. The fraction of sp³-hybridized carbons (Fsp3) is 0.250.